The average molecular weight is 358 g/mol. The molecular formula is C15H24BrN3O2. The second-order valence-electron chi connectivity index (χ2n) is 6.22. The van der Waals surface area contributed by atoms with Gasteiger partial charge in [0.05, 0.1) is 29.1 Å². The van der Waals surface area contributed by atoms with Crippen molar-refractivity contribution >= 4 is 15.9 Å². The van der Waals surface area contributed by atoms with E-state index in [9.17, 15) is 0 Å². The van der Waals surface area contributed by atoms with E-state index in [1.54, 1.807) is 0 Å². The third kappa shape index (κ3) is 3.04. The maximum absolute atomic E-state index is 5.81. The Balaban J connectivity index is 1.60. The Morgan fingerprint density at radius 1 is 1.33 bits per heavy atom. The van der Waals surface area contributed by atoms with Gasteiger partial charge in [0.15, 0.2) is 5.79 Å². The Labute approximate surface area is 134 Å². The minimum absolute atomic E-state index is 0.263. The van der Waals surface area contributed by atoms with Crippen LogP contribution in [0, 0.1) is 6.92 Å². The number of aromatic nitrogens is 2. The molecule has 0 bridgehead atoms. The smallest absolute Gasteiger partial charge is 0.168 e. The molecule has 1 aliphatic heterocycles. The van der Waals surface area contributed by atoms with Crippen molar-refractivity contribution in [3.63, 3.8) is 0 Å². The number of hydrogen-bond acceptors (Lipinski definition) is 4. The van der Waals surface area contributed by atoms with E-state index in [4.69, 9.17) is 9.47 Å². The first-order valence-corrected chi connectivity index (χ1v) is 8.46. The summed E-state index contributed by atoms with van der Waals surface area (Å²) in [6, 6.07) is 0.588. The van der Waals surface area contributed by atoms with Crippen molar-refractivity contribution < 1.29 is 9.47 Å². The molecule has 0 amide bonds. The third-order valence-corrected chi connectivity index (χ3v) is 5.85. The standard InChI is InChI=1S/C15H24BrN3O2/c1-11-14(16)13(19(3)17-11)10-18(2)12-4-6-15(7-5-12)20-8-9-21-15/h12H,4-10H2,1-3H3. The van der Waals surface area contributed by atoms with Gasteiger partial charge in [0.2, 0.25) is 0 Å². The Hall–Kier alpha value is -0.430. The number of halogens is 1. The molecular weight excluding hydrogens is 334 g/mol. The zero-order valence-electron chi connectivity index (χ0n) is 13.1. The molecule has 1 saturated carbocycles. The molecule has 2 heterocycles. The summed E-state index contributed by atoms with van der Waals surface area (Å²) in [5.74, 6) is -0.263. The minimum atomic E-state index is -0.263. The van der Waals surface area contributed by atoms with Gasteiger partial charge < -0.3 is 9.47 Å². The van der Waals surface area contributed by atoms with Gasteiger partial charge >= 0.3 is 0 Å². The summed E-state index contributed by atoms with van der Waals surface area (Å²) in [5, 5.41) is 4.47. The summed E-state index contributed by atoms with van der Waals surface area (Å²) in [5.41, 5.74) is 2.29. The van der Waals surface area contributed by atoms with Crippen LogP contribution in [-0.2, 0) is 23.1 Å². The van der Waals surface area contributed by atoms with Crippen LogP contribution < -0.4 is 0 Å². The molecule has 0 aromatic carbocycles. The zero-order valence-corrected chi connectivity index (χ0v) is 14.6. The molecule has 0 unspecified atom stereocenters. The van der Waals surface area contributed by atoms with Crippen molar-refractivity contribution in [3.05, 3.63) is 15.9 Å². The molecule has 0 atom stereocenters. The van der Waals surface area contributed by atoms with Crippen LogP contribution in [0.1, 0.15) is 37.1 Å². The summed E-state index contributed by atoms with van der Waals surface area (Å²) in [4.78, 5) is 2.43. The van der Waals surface area contributed by atoms with Gasteiger partial charge in [-0.15, -0.1) is 0 Å². The normalized spacial score (nSPS) is 22.5. The van der Waals surface area contributed by atoms with Crippen LogP contribution in [0.25, 0.3) is 0 Å². The van der Waals surface area contributed by atoms with Gasteiger partial charge in [-0.05, 0) is 42.7 Å². The van der Waals surface area contributed by atoms with E-state index in [0.29, 0.717) is 6.04 Å². The van der Waals surface area contributed by atoms with Crippen molar-refractivity contribution in [2.24, 2.45) is 7.05 Å². The Kier molecular flexibility index (Phi) is 4.41. The SMILES string of the molecule is Cc1nn(C)c(CN(C)C2CCC3(CC2)OCCO3)c1Br. The highest BCUT2D eigenvalue weighted by Crippen LogP contribution is 2.37. The zero-order chi connectivity index (χ0) is 15.0. The van der Waals surface area contributed by atoms with E-state index in [-0.39, 0.29) is 5.79 Å². The molecule has 6 heteroatoms. The van der Waals surface area contributed by atoms with Gasteiger partial charge in [0, 0.05) is 32.5 Å². The molecule has 118 valence electrons. The quantitative estimate of drug-likeness (QED) is 0.833. The Morgan fingerprint density at radius 2 is 1.95 bits per heavy atom. The second-order valence-corrected chi connectivity index (χ2v) is 7.02. The molecule has 0 radical (unpaired) electrons. The van der Waals surface area contributed by atoms with Crippen molar-refractivity contribution in [2.75, 3.05) is 20.3 Å². The summed E-state index contributed by atoms with van der Waals surface area (Å²) in [7, 11) is 4.21. The van der Waals surface area contributed by atoms with E-state index >= 15 is 0 Å². The fraction of sp³-hybridized carbons (Fsp3) is 0.800. The lowest BCUT2D eigenvalue weighted by Gasteiger charge is -2.39. The van der Waals surface area contributed by atoms with Gasteiger partial charge in [-0.25, -0.2) is 0 Å². The first kappa shape index (κ1) is 15.5. The number of hydrogen-bond donors (Lipinski definition) is 0. The maximum atomic E-state index is 5.81. The monoisotopic (exact) mass is 357 g/mol. The summed E-state index contributed by atoms with van der Waals surface area (Å²) < 4.78 is 14.7. The molecule has 1 aliphatic carbocycles. The van der Waals surface area contributed by atoms with Gasteiger partial charge in [-0.3, -0.25) is 9.58 Å². The van der Waals surface area contributed by atoms with E-state index < -0.39 is 0 Å². The molecule has 3 rings (SSSR count). The Morgan fingerprint density at radius 3 is 2.48 bits per heavy atom. The van der Waals surface area contributed by atoms with Crippen LogP contribution in [0.15, 0.2) is 4.47 Å². The van der Waals surface area contributed by atoms with Crippen LogP contribution >= 0.6 is 15.9 Å². The summed E-state index contributed by atoms with van der Waals surface area (Å²) in [6.07, 6.45) is 4.27. The lowest BCUT2D eigenvalue weighted by Crippen LogP contribution is -2.42. The molecule has 5 nitrogen and oxygen atoms in total. The van der Waals surface area contributed by atoms with E-state index in [2.05, 4.69) is 33.0 Å². The number of nitrogens with zero attached hydrogens (tertiary/aromatic N) is 3. The van der Waals surface area contributed by atoms with Crippen LogP contribution in [0.5, 0.6) is 0 Å². The highest BCUT2D eigenvalue weighted by atomic mass is 79.9. The van der Waals surface area contributed by atoms with Crippen LogP contribution in [0.3, 0.4) is 0 Å². The van der Waals surface area contributed by atoms with Crippen LogP contribution in [0.2, 0.25) is 0 Å². The number of ether oxygens (including phenoxy) is 2. The van der Waals surface area contributed by atoms with E-state index in [0.717, 1.165) is 55.6 Å². The number of rotatable bonds is 3. The van der Waals surface area contributed by atoms with Crippen molar-refractivity contribution in [1.29, 1.82) is 0 Å². The molecule has 2 fully saturated rings. The largest absolute Gasteiger partial charge is 0.348 e. The average Bonchev–Trinajstić information content (AvgIpc) is 3.00. The van der Waals surface area contributed by atoms with Gasteiger partial charge in [-0.1, -0.05) is 0 Å². The van der Waals surface area contributed by atoms with E-state index in [1.165, 1.54) is 5.69 Å². The fourth-order valence-corrected chi connectivity index (χ4v) is 3.95. The predicted octanol–water partition coefficient (Wildman–Crippen LogP) is 2.61. The Bertz CT molecular complexity index is 501. The first-order valence-electron chi connectivity index (χ1n) is 7.67. The third-order valence-electron chi connectivity index (χ3n) is 4.81. The summed E-state index contributed by atoms with van der Waals surface area (Å²) >= 11 is 3.65. The highest BCUT2D eigenvalue weighted by molar-refractivity contribution is 9.10. The lowest BCUT2D eigenvalue weighted by molar-refractivity contribution is -0.183. The van der Waals surface area contributed by atoms with Crippen molar-refractivity contribution in [2.45, 2.75) is 51.0 Å². The van der Waals surface area contributed by atoms with Crippen LogP contribution in [-0.4, -0.2) is 46.8 Å². The highest BCUT2D eigenvalue weighted by Gasteiger charge is 2.41. The molecule has 0 N–H and O–H groups in total. The van der Waals surface area contributed by atoms with Crippen LogP contribution in [0.4, 0.5) is 0 Å². The summed E-state index contributed by atoms with van der Waals surface area (Å²) in [6.45, 7) is 4.45. The van der Waals surface area contributed by atoms with Gasteiger partial charge in [0.1, 0.15) is 0 Å². The molecule has 2 aliphatic rings. The molecule has 21 heavy (non-hydrogen) atoms. The molecule has 1 spiro atoms. The first-order chi connectivity index (χ1) is 10.0. The molecule has 1 aromatic rings. The van der Waals surface area contributed by atoms with E-state index in [1.807, 2.05) is 18.7 Å². The van der Waals surface area contributed by atoms with Crippen molar-refractivity contribution in [3.8, 4) is 0 Å². The fourth-order valence-electron chi connectivity index (χ4n) is 3.49. The molecule has 1 saturated heterocycles. The molecule has 1 aromatic heterocycles. The topological polar surface area (TPSA) is 39.5 Å². The maximum Gasteiger partial charge on any atom is 0.168 e. The predicted molar refractivity (Wildman–Crippen MR) is 84.0 cm³/mol. The van der Waals surface area contributed by atoms with Gasteiger partial charge in [-0.2, -0.15) is 5.10 Å². The second kappa shape index (κ2) is 5.99. The van der Waals surface area contributed by atoms with Crippen molar-refractivity contribution in [1.82, 2.24) is 14.7 Å². The number of aryl methyl sites for hydroxylation is 2. The minimum Gasteiger partial charge on any atom is -0.348 e. The lowest BCUT2D eigenvalue weighted by atomic mass is 9.89. The van der Waals surface area contributed by atoms with Gasteiger partial charge in [0.25, 0.3) is 0 Å².